The van der Waals surface area contributed by atoms with Gasteiger partial charge in [-0.1, -0.05) is 15.9 Å². The Morgan fingerprint density at radius 3 is 2.89 bits per heavy atom. The van der Waals surface area contributed by atoms with E-state index in [-0.39, 0.29) is 18.8 Å². The number of hydrogen-bond acceptors (Lipinski definition) is 3. The standard InChI is InChI=1S/C12H15BrFNO3/c13-9-1-2-11(14)8(5-9)3-4-15-7-10(16)6-12(17)18/h1-2,5,10,15-16H,3-4,6-7H2,(H,17,18). The molecule has 0 amide bonds. The Labute approximate surface area is 113 Å². The van der Waals surface area contributed by atoms with Crippen LogP contribution >= 0.6 is 15.9 Å². The molecule has 0 saturated carbocycles. The summed E-state index contributed by atoms with van der Waals surface area (Å²) in [6.45, 7) is 0.659. The Balaban J connectivity index is 2.29. The van der Waals surface area contributed by atoms with Gasteiger partial charge in [-0.05, 0) is 36.7 Å². The summed E-state index contributed by atoms with van der Waals surface area (Å²) in [5.74, 6) is -1.31. The molecule has 3 N–H and O–H groups in total. The Morgan fingerprint density at radius 1 is 1.50 bits per heavy atom. The van der Waals surface area contributed by atoms with Gasteiger partial charge in [0.25, 0.3) is 0 Å². The molecule has 0 bridgehead atoms. The lowest BCUT2D eigenvalue weighted by Gasteiger charge is -2.10. The van der Waals surface area contributed by atoms with Crippen LogP contribution in [0, 0.1) is 5.82 Å². The fourth-order valence-electron chi connectivity index (χ4n) is 1.50. The highest BCUT2D eigenvalue weighted by Crippen LogP contribution is 2.15. The first-order chi connectivity index (χ1) is 8.49. The van der Waals surface area contributed by atoms with Gasteiger partial charge in [-0.3, -0.25) is 4.79 Å². The Hall–Kier alpha value is -0.980. The van der Waals surface area contributed by atoms with E-state index in [1.807, 2.05) is 0 Å². The van der Waals surface area contributed by atoms with Crippen molar-refractivity contribution in [2.75, 3.05) is 13.1 Å². The normalized spacial score (nSPS) is 12.4. The number of rotatable bonds is 7. The van der Waals surface area contributed by atoms with Crippen LogP contribution in [0.15, 0.2) is 22.7 Å². The van der Waals surface area contributed by atoms with Crippen LogP contribution < -0.4 is 5.32 Å². The van der Waals surface area contributed by atoms with Crippen molar-refractivity contribution < 1.29 is 19.4 Å². The van der Waals surface area contributed by atoms with E-state index in [9.17, 15) is 14.3 Å². The molecule has 1 unspecified atom stereocenters. The maximum Gasteiger partial charge on any atom is 0.306 e. The number of aliphatic hydroxyl groups is 1. The smallest absolute Gasteiger partial charge is 0.306 e. The summed E-state index contributed by atoms with van der Waals surface area (Å²) in [4.78, 5) is 10.3. The van der Waals surface area contributed by atoms with Crippen molar-refractivity contribution in [3.63, 3.8) is 0 Å². The van der Waals surface area contributed by atoms with Crippen molar-refractivity contribution in [2.24, 2.45) is 0 Å². The molecule has 18 heavy (non-hydrogen) atoms. The van der Waals surface area contributed by atoms with Gasteiger partial charge in [-0.2, -0.15) is 0 Å². The van der Waals surface area contributed by atoms with Crippen molar-refractivity contribution in [3.05, 3.63) is 34.1 Å². The number of carboxylic acids is 1. The van der Waals surface area contributed by atoms with E-state index >= 15 is 0 Å². The van der Waals surface area contributed by atoms with Crippen LogP contribution in [0.1, 0.15) is 12.0 Å². The number of nitrogens with one attached hydrogen (secondary N) is 1. The Kier molecular flexibility index (Phi) is 6.24. The zero-order chi connectivity index (χ0) is 13.5. The fourth-order valence-corrected chi connectivity index (χ4v) is 1.91. The lowest BCUT2D eigenvalue weighted by atomic mass is 10.1. The van der Waals surface area contributed by atoms with Gasteiger partial charge in [0.2, 0.25) is 0 Å². The van der Waals surface area contributed by atoms with E-state index in [4.69, 9.17) is 5.11 Å². The quantitative estimate of drug-likeness (QED) is 0.667. The maximum atomic E-state index is 13.4. The highest BCUT2D eigenvalue weighted by Gasteiger charge is 2.08. The minimum Gasteiger partial charge on any atom is -0.481 e. The second kappa shape index (κ2) is 7.45. The summed E-state index contributed by atoms with van der Waals surface area (Å²) in [6.07, 6.45) is -0.738. The van der Waals surface area contributed by atoms with E-state index < -0.39 is 12.1 Å². The van der Waals surface area contributed by atoms with Crippen LogP contribution in [0.25, 0.3) is 0 Å². The van der Waals surface area contributed by atoms with Crippen molar-refractivity contribution in [3.8, 4) is 0 Å². The molecule has 0 aliphatic rings. The predicted octanol–water partition coefficient (Wildman–Crippen LogP) is 1.56. The van der Waals surface area contributed by atoms with E-state index in [2.05, 4.69) is 21.2 Å². The molecule has 0 aliphatic carbocycles. The summed E-state index contributed by atoms with van der Waals surface area (Å²) >= 11 is 3.26. The largest absolute Gasteiger partial charge is 0.481 e. The number of aliphatic hydroxyl groups excluding tert-OH is 1. The second-order valence-electron chi connectivity index (χ2n) is 3.94. The molecule has 1 aromatic carbocycles. The molecule has 0 aliphatic heterocycles. The molecule has 1 atom stereocenters. The molecule has 0 saturated heterocycles. The predicted molar refractivity (Wildman–Crippen MR) is 68.9 cm³/mol. The summed E-state index contributed by atoms with van der Waals surface area (Å²) in [5, 5.41) is 20.6. The topological polar surface area (TPSA) is 69.6 Å². The van der Waals surface area contributed by atoms with Gasteiger partial charge in [0.1, 0.15) is 5.82 Å². The minimum absolute atomic E-state index is 0.182. The molecule has 0 fully saturated rings. The summed E-state index contributed by atoms with van der Waals surface area (Å²) in [7, 11) is 0. The number of carboxylic acid groups (broad SMARTS) is 1. The molecule has 1 rings (SSSR count). The third-order valence-electron chi connectivity index (χ3n) is 2.37. The van der Waals surface area contributed by atoms with Gasteiger partial charge in [-0.15, -0.1) is 0 Å². The van der Waals surface area contributed by atoms with Crippen LogP contribution in [-0.4, -0.2) is 35.4 Å². The van der Waals surface area contributed by atoms with E-state index in [0.717, 1.165) is 4.47 Å². The van der Waals surface area contributed by atoms with Crippen molar-refractivity contribution in [1.29, 1.82) is 0 Å². The zero-order valence-electron chi connectivity index (χ0n) is 9.70. The van der Waals surface area contributed by atoms with Gasteiger partial charge < -0.3 is 15.5 Å². The van der Waals surface area contributed by atoms with Gasteiger partial charge >= 0.3 is 5.97 Å². The number of benzene rings is 1. The van der Waals surface area contributed by atoms with E-state index in [0.29, 0.717) is 18.5 Å². The molecular formula is C12H15BrFNO3. The minimum atomic E-state index is -1.04. The van der Waals surface area contributed by atoms with Gasteiger partial charge in [0.15, 0.2) is 0 Å². The first kappa shape index (κ1) is 15.1. The SMILES string of the molecule is O=C(O)CC(O)CNCCc1cc(Br)ccc1F. The summed E-state index contributed by atoms with van der Waals surface area (Å²) in [5.41, 5.74) is 0.574. The molecular weight excluding hydrogens is 305 g/mol. The molecule has 0 aromatic heterocycles. The Morgan fingerprint density at radius 2 is 2.22 bits per heavy atom. The lowest BCUT2D eigenvalue weighted by molar-refractivity contribution is -0.139. The average Bonchev–Trinajstić information content (AvgIpc) is 2.28. The van der Waals surface area contributed by atoms with Crippen LogP contribution in [0.5, 0.6) is 0 Å². The maximum absolute atomic E-state index is 13.4. The Bertz CT molecular complexity index is 414. The fraction of sp³-hybridized carbons (Fsp3) is 0.417. The number of carbonyl (C=O) groups is 1. The molecule has 0 radical (unpaired) electrons. The van der Waals surface area contributed by atoms with E-state index in [1.165, 1.54) is 6.07 Å². The monoisotopic (exact) mass is 319 g/mol. The summed E-state index contributed by atoms with van der Waals surface area (Å²) in [6, 6.07) is 4.71. The van der Waals surface area contributed by atoms with Gasteiger partial charge in [-0.25, -0.2) is 4.39 Å². The first-order valence-corrected chi connectivity index (χ1v) is 6.33. The van der Waals surface area contributed by atoms with Gasteiger partial charge in [0, 0.05) is 11.0 Å². The molecule has 0 spiro atoms. The van der Waals surface area contributed by atoms with E-state index in [1.54, 1.807) is 12.1 Å². The van der Waals surface area contributed by atoms with Crippen LogP contribution in [0.3, 0.4) is 0 Å². The highest BCUT2D eigenvalue weighted by atomic mass is 79.9. The molecule has 6 heteroatoms. The summed E-state index contributed by atoms with van der Waals surface area (Å²) < 4.78 is 14.2. The van der Waals surface area contributed by atoms with Crippen LogP contribution in [0.4, 0.5) is 4.39 Å². The molecule has 0 heterocycles. The van der Waals surface area contributed by atoms with Crippen molar-refractivity contribution in [2.45, 2.75) is 18.9 Å². The lowest BCUT2D eigenvalue weighted by Crippen LogP contribution is -2.30. The highest BCUT2D eigenvalue weighted by molar-refractivity contribution is 9.10. The van der Waals surface area contributed by atoms with Crippen LogP contribution in [-0.2, 0) is 11.2 Å². The van der Waals surface area contributed by atoms with Crippen molar-refractivity contribution in [1.82, 2.24) is 5.32 Å². The zero-order valence-corrected chi connectivity index (χ0v) is 11.3. The molecule has 4 nitrogen and oxygen atoms in total. The van der Waals surface area contributed by atoms with Gasteiger partial charge in [0.05, 0.1) is 12.5 Å². The second-order valence-corrected chi connectivity index (χ2v) is 4.86. The number of halogens is 2. The molecule has 1 aromatic rings. The van der Waals surface area contributed by atoms with Crippen molar-refractivity contribution >= 4 is 21.9 Å². The van der Waals surface area contributed by atoms with Crippen LogP contribution in [0.2, 0.25) is 0 Å². The molecule has 100 valence electrons. The number of aliphatic carboxylic acids is 1. The third kappa shape index (κ3) is 5.57. The number of hydrogen-bond donors (Lipinski definition) is 3. The first-order valence-electron chi connectivity index (χ1n) is 5.53. The third-order valence-corrected chi connectivity index (χ3v) is 2.86. The average molecular weight is 320 g/mol.